The van der Waals surface area contributed by atoms with Crippen molar-refractivity contribution in [2.75, 3.05) is 0 Å². The zero-order chi connectivity index (χ0) is 15.5. The molecule has 1 nitrogen and oxygen atoms in total. The molecule has 0 fully saturated rings. The first kappa shape index (κ1) is 15.6. The Balaban J connectivity index is 2.22. The van der Waals surface area contributed by atoms with Crippen molar-refractivity contribution < 1.29 is 8.78 Å². The van der Waals surface area contributed by atoms with Gasteiger partial charge in [-0.3, -0.25) is 0 Å². The highest BCUT2D eigenvalue weighted by atomic mass is 19.1. The molecule has 0 heterocycles. The van der Waals surface area contributed by atoms with Gasteiger partial charge in [0.25, 0.3) is 0 Å². The van der Waals surface area contributed by atoms with Crippen LogP contribution in [-0.2, 0) is 6.54 Å². The lowest BCUT2D eigenvalue weighted by molar-refractivity contribution is 0.268. The zero-order valence-electron chi connectivity index (χ0n) is 12.7. The van der Waals surface area contributed by atoms with E-state index in [1.165, 1.54) is 18.2 Å². The van der Waals surface area contributed by atoms with Crippen molar-refractivity contribution in [2.24, 2.45) is 5.41 Å². The van der Waals surface area contributed by atoms with E-state index >= 15 is 0 Å². The second-order valence-electron chi connectivity index (χ2n) is 6.29. The minimum absolute atomic E-state index is 0.0118. The van der Waals surface area contributed by atoms with Crippen LogP contribution in [0.25, 0.3) is 0 Å². The van der Waals surface area contributed by atoms with Gasteiger partial charge in [0.05, 0.1) is 0 Å². The molecule has 1 atom stereocenters. The quantitative estimate of drug-likeness (QED) is 0.849. The molecule has 0 bridgehead atoms. The van der Waals surface area contributed by atoms with E-state index in [4.69, 9.17) is 0 Å². The molecule has 1 N–H and O–H groups in total. The summed E-state index contributed by atoms with van der Waals surface area (Å²) in [7, 11) is 0. The van der Waals surface area contributed by atoms with Gasteiger partial charge in [-0.2, -0.15) is 0 Å². The van der Waals surface area contributed by atoms with Crippen LogP contribution in [0.3, 0.4) is 0 Å². The van der Waals surface area contributed by atoms with Crippen LogP contribution < -0.4 is 5.32 Å². The number of rotatable bonds is 4. The van der Waals surface area contributed by atoms with E-state index < -0.39 is 11.6 Å². The van der Waals surface area contributed by atoms with Gasteiger partial charge in [0.2, 0.25) is 0 Å². The molecule has 0 aromatic heterocycles. The Morgan fingerprint density at radius 2 is 1.48 bits per heavy atom. The van der Waals surface area contributed by atoms with Crippen molar-refractivity contribution in [3.63, 3.8) is 0 Å². The second kappa shape index (κ2) is 6.35. The maximum atomic E-state index is 13.7. The summed E-state index contributed by atoms with van der Waals surface area (Å²) in [5.41, 5.74) is 1.13. The van der Waals surface area contributed by atoms with Crippen LogP contribution in [0.1, 0.15) is 37.9 Å². The van der Waals surface area contributed by atoms with Crippen molar-refractivity contribution in [3.8, 4) is 0 Å². The van der Waals surface area contributed by atoms with Gasteiger partial charge in [0.1, 0.15) is 11.6 Å². The molecule has 0 aliphatic carbocycles. The van der Waals surface area contributed by atoms with Gasteiger partial charge < -0.3 is 5.32 Å². The van der Waals surface area contributed by atoms with Gasteiger partial charge in [-0.15, -0.1) is 0 Å². The van der Waals surface area contributed by atoms with E-state index in [1.807, 2.05) is 30.3 Å². The number of nitrogens with one attached hydrogen (secondary N) is 1. The Labute approximate surface area is 125 Å². The van der Waals surface area contributed by atoms with E-state index in [1.54, 1.807) is 0 Å². The lowest BCUT2D eigenvalue weighted by Gasteiger charge is -2.32. The molecule has 0 saturated carbocycles. The number of benzene rings is 2. The molecule has 0 aliphatic heterocycles. The van der Waals surface area contributed by atoms with Gasteiger partial charge in [0.15, 0.2) is 0 Å². The molecule has 0 spiro atoms. The predicted molar refractivity (Wildman–Crippen MR) is 81.8 cm³/mol. The third-order valence-corrected chi connectivity index (χ3v) is 3.54. The molecule has 21 heavy (non-hydrogen) atoms. The average molecular weight is 289 g/mol. The first-order chi connectivity index (χ1) is 9.89. The third-order valence-electron chi connectivity index (χ3n) is 3.54. The van der Waals surface area contributed by atoms with Crippen molar-refractivity contribution in [2.45, 2.75) is 33.4 Å². The molecule has 2 aromatic rings. The zero-order valence-corrected chi connectivity index (χ0v) is 12.7. The SMILES string of the molecule is CC(C)(C)C(NCc1c(F)cccc1F)c1ccccc1. The van der Waals surface area contributed by atoms with Crippen LogP contribution in [-0.4, -0.2) is 0 Å². The Hall–Kier alpha value is -1.74. The van der Waals surface area contributed by atoms with Gasteiger partial charge in [0, 0.05) is 18.2 Å². The third kappa shape index (κ3) is 3.88. The molecule has 0 aliphatic rings. The van der Waals surface area contributed by atoms with Gasteiger partial charge >= 0.3 is 0 Å². The van der Waals surface area contributed by atoms with E-state index in [9.17, 15) is 8.78 Å². The number of halogens is 2. The van der Waals surface area contributed by atoms with E-state index in [0.29, 0.717) is 0 Å². The lowest BCUT2D eigenvalue weighted by Crippen LogP contribution is -2.32. The van der Waals surface area contributed by atoms with Crippen molar-refractivity contribution in [1.29, 1.82) is 0 Å². The minimum atomic E-state index is -0.511. The number of hydrogen-bond donors (Lipinski definition) is 1. The van der Waals surface area contributed by atoms with Crippen LogP contribution in [0.4, 0.5) is 8.78 Å². The van der Waals surface area contributed by atoms with Crippen LogP contribution in [0, 0.1) is 17.0 Å². The lowest BCUT2D eigenvalue weighted by atomic mass is 9.82. The topological polar surface area (TPSA) is 12.0 Å². The Morgan fingerprint density at radius 3 is 2.00 bits per heavy atom. The molecule has 2 aromatic carbocycles. The molecule has 0 amide bonds. The van der Waals surface area contributed by atoms with Crippen LogP contribution >= 0.6 is 0 Å². The van der Waals surface area contributed by atoms with E-state index in [2.05, 4.69) is 26.1 Å². The minimum Gasteiger partial charge on any atom is -0.305 e. The van der Waals surface area contributed by atoms with Crippen LogP contribution in [0.15, 0.2) is 48.5 Å². The molecule has 1 unspecified atom stereocenters. The van der Waals surface area contributed by atoms with E-state index in [0.717, 1.165) is 5.56 Å². The first-order valence-electron chi connectivity index (χ1n) is 7.11. The van der Waals surface area contributed by atoms with Crippen molar-refractivity contribution in [1.82, 2.24) is 5.32 Å². The summed E-state index contributed by atoms with van der Waals surface area (Å²) in [5.74, 6) is -1.02. The molecule has 3 heteroatoms. The summed E-state index contributed by atoms with van der Waals surface area (Å²) in [5, 5.41) is 3.29. The Bertz CT molecular complexity index is 568. The normalized spacial score (nSPS) is 13.2. The summed E-state index contributed by atoms with van der Waals surface area (Å²) in [4.78, 5) is 0. The fraction of sp³-hybridized carbons (Fsp3) is 0.333. The largest absolute Gasteiger partial charge is 0.305 e. The fourth-order valence-electron chi connectivity index (χ4n) is 2.47. The second-order valence-corrected chi connectivity index (χ2v) is 6.29. The molecule has 0 saturated heterocycles. The fourth-order valence-corrected chi connectivity index (χ4v) is 2.47. The molecular formula is C18H21F2N. The maximum Gasteiger partial charge on any atom is 0.130 e. The van der Waals surface area contributed by atoms with Gasteiger partial charge in [-0.25, -0.2) is 8.78 Å². The van der Waals surface area contributed by atoms with Crippen molar-refractivity contribution >= 4 is 0 Å². The standard InChI is InChI=1S/C18H21F2N/c1-18(2,3)17(13-8-5-4-6-9-13)21-12-14-15(19)10-7-11-16(14)20/h4-11,17,21H,12H2,1-3H3. The molecule has 2 rings (SSSR count). The smallest absolute Gasteiger partial charge is 0.130 e. The summed E-state index contributed by atoms with van der Waals surface area (Å²) in [6.07, 6.45) is 0. The highest BCUT2D eigenvalue weighted by Gasteiger charge is 2.26. The summed E-state index contributed by atoms with van der Waals surface area (Å²) < 4.78 is 27.4. The first-order valence-corrected chi connectivity index (χ1v) is 7.11. The van der Waals surface area contributed by atoms with Crippen LogP contribution in [0.5, 0.6) is 0 Å². The van der Waals surface area contributed by atoms with Gasteiger partial charge in [-0.05, 0) is 23.1 Å². The predicted octanol–water partition coefficient (Wildman–Crippen LogP) is 4.84. The van der Waals surface area contributed by atoms with Crippen LogP contribution in [0.2, 0.25) is 0 Å². The monoisotopic (exact) mass is 289 g/mol. The molecule has 112 valence electrons. The highest BCUT2D eigenvalue weighted by molar-refractivity contribution is 5.23. The summed E-state index contributed by atoms with van der Waals surface area (Å²) >= 11 is 0. The summed E-state index contributed by atoms with van der Waals surface area (Å²) in [6.45, 7) is 6.48. The van der Waals surface area contributed by atoms with E-state index in [-0.39, 0.29) is 23.6 Å². The molecule has 0 radical (unpaired) electrons. The molecular weight excluding hydrogens is 268 g/mol. The Kier molecular flexibility index (Phi) is 4.73. The Morgan fingerprint density at radius 1 is 0.905 bits per heavy atom. The van der Waals surface area contributed by atoms with Gasteiger partial charge in [-0.1, -0.05) is 57.2 Å². The average Bonchev–Trinajstić information content (AvgIpc) is 2.42. The summed E-state index contributed by atoms with van der Waals surface area (Å²) in [6, 6.07) is 13.9. The highest BCUT2D eigenvalue weighted by Crippen LogP contribution is 2.33. The maximum absolute atomic E-state index is 13.7. The van der Waals surface area contributed by atoms with Crippen molar-refractivity contribution in [3.05, 3.63) is 71.3 Å². The number of hydrogen-bond acceptors (Lipinski definition) is 1.